The van der Waals surface area contributed by atoms with Crippen molar-refractivity contribution in [1.82, 2.24) is 51.8 Å². The highest BCUT2D eigenvalue weighted by Gasteiger charge is 2.39. The van der Waals surface area contributed by atoms with Crippen LogP contribution in [0.25, 0.3) is 0 Å². The molecule has 10 amide bonds. The van der Waals surface area contributed by atoms with Crippen molar-refractivity contribution >= 4 is 73.0 Å². The molecule has 3 atom stereocenters. The fourth-order valence-corrected chi connectivity index (χ4v) is 7.56. The molecular weight excluding hydrogens is 837 g/mol. The third-order valence-corrected chi connectivity index (χ3v) is 11.6. The number of nitrogens with two attached hydrogens (primary N) is 1. The summed E-state index contributed by atoms with van der Waals surface area (Å²) >= 11 is 1.30. The number of carbonyl (C=O) groups excluding carboxylic acids is 9. The van der Waals surface area contributed by atoms with Crippen LogP contribution in [0.5, 0.6) is 0 Å². The first-order valence-electron chi connectivity index (χ1n) is 21.7. The predicted molar refractivity (Wildman–Crippen MR) is 238 cm³/mol. The second kappa shape index (κ2) is 27.7. The second-order valence-electron chi connectivity index (χ2n) is 17.0. The summed E-state index contributed by atoms with van der Waals surface area (Å²) in [6.45, 7) is 15.4. The van der Waals surface area contributed by atoms with Crippen molar-refractivity contribution in [3.05, 3.63) is 0 Å². The van der Waals surface area contributed by atoms with Gasteiger partial charge in [0.2, 0.25) is 55.2 Å². The van der Waals surface area contributed by atoms with Crippen LogP contribution >= 0.6 is 11.8 Å². The Kier molecular flexibility index (Phi) is 24.0. The van der Waals surface area contributed by atoms with E-state index in [1.165, 1.54) is 18.7 Å². The summed E-state index contributed by atoms with van der Waals surface area (Å²) in [5.41, 5.74) is 3.91. The average Bonchev–Trinajstić information content (AvgIpc) is 3.50. The van der Waals surface area contributed by atoms with Gasteiger partial charge in [0.25, 0.3) is 0 Å². The predicted octanol–water partition coefficient (Wildman–Crippen LogP) is -2.00. The molecule has 2 radical (unpaired) electrons. The highest BCUT2D eigenvalue weighted by atomic mass is 32.2. The van der Waals surface area contributed by atoms with E-state index in [0.29, 0.717) is 70.7 Å². The van der Waals surface area contributed by atoms with E-state index < -0.39 is 46.3 Å². The summed E-state index contributed by atoms with van der Waals surface area (Å²) in [6, 6.07) is -1.96. The molecule has 0 bridgehead atoms. The fraction of sp³-hybridized carbons (Fsp3) is 0.775. The molecule has 2 rings (SSSR count). The average molecular weight is 908 g/mol. The lowest BCUT2D eigenvalue weighted by atomic mass is 10.0. The number of nitrogens with one attached hydrogen (secondary N) is 7. The molecule has 2 heterocycles. The minimum atomic E-state index is -0.780. The molecule has 354 valence electrons. The number of piperazine rings is 1. The van der Waals surface area contributed by atoms with Gasteiger partial charge < -0.3 is 47.6 Å². The van der Waals surface area contributed by atoms with Gasteiger partial charge in [-0.1, -0.05) is 6.92 Å². The number of nitrogens with zero attached hydrogens (tertiary/aromatic N) is 3. The van der Waals surface area contributed by atoms with E-state index in [2.05, 4.69) is 36.8 Å². The normalized spacial score (nSPS) is 17.0. The quantitative estimate of drug-likeness (QED) is 0.0229. The second-order valence-corrected chi connectivity index (χ2v) is 18.3. The Hall–Kier alpha value is -4.48. The number of hydrogen-bond donors (Lipinski definition) is 8. The number of hydrogen-bond acceptors (Lipinski definition) is 13. The number of amides is 10. The molecule has 1 unspecified atom stereocenters. The first kappa shape index (κ1) is 54.7. The van der Waals surface area contributed by atoms with Crippen molar-refractivity contribution in [2.45, 2.75) is 121 Å². The van der Waals surface area contributed by atoms with Crippen LogP contribution in [0, 0.1) is 0 Å². The fourth-order valence-electron chi connectivity index (χ4n) is 6.53. The minimum absolute atomic E-state index is 0.0257. The molecule has 0 spiro atoms. The Balaban J connectivity index is 1.59. The van der Waals surface area contributed by atoms with Gasteiger partial charge in [-0.3, -0.25) is 53.1 Å². The van der Waals surface area contributed by atoms with Crippen LogP contribution in [0.2, 0.25) is 0 Å². The van der Waals surface area contributed by atoms with E-state index in [9.17, 15) is 43.2 Å². The topological polar surface area (TPSA) is 283 Å². The molecule has 21 nitrogen and oxygen atoms in total. The van der Waals surface area contributed by atoms with E-state index in [1.807, 2.05) is 24.0 Å². The van der Waals surface area contributed by atoms with Gasteiger partial charge in [-0.2, -0.15) is 0 Å². The molecule has 2 aliphatic heterocycles. The van der Waals surface area contributed by atoms with E-state index >= 15 is 0 Å². The van der Waals surface area contributed by atoms with Gasteiger partial charge in [-0.25, -0.2) is 4.79 Å². The van der Waals surface area contributed by atoms with Crippen LogP contribution in [0.3, 0.4) is 0 Å². The lowest BCUT2D eigenvalue weighted by Gasteiger charge is -2.34. The van der Waals surface area contributed by atoms with E-state index in [0.717, 1.165) is 18.0 Å². The first-order valence-corrected chi connectivity index (χ1v) is 22.7. The van der Waals surface area contributed by atoms with Crippen LogP contribution in [-0.4, -0.2) is 182 Å². The van der Waals surface area contributed by atoms with Gasteiger partial charge in [-0.15, -0.1) is 11.8 Å². The zero-order valence-corrected chi connectivity index (χ0v) is 38.7. The van der Waals surface area contributed by atoms with Crippen molar-refractivity contribution in [1.29, 1.82) is 0 Å². The molecule has 0 saturated carbocycles. The van der Waals surface area contributed by atoms with Gasteiger partial charge in [-0.05, 0) is 60.3 Å². The SMILES string of the molecule is [B]NC(=O)[C@H](C)NC(=O)NCCN1CCN(CC(=O)NCCSC2CC(=O)N(CCC(=O)NC(C)(C)COC(C)(C)CCC(=O)NCCCC[C@H](NC(=O)CC)C(N)=O)C2=O)CC1. The highest BCUT2D eigenvalue weighted by molar-refractivity contribution is 8.00. The van der Waals surface area contributed by atoms with Gasteiger partial charge in [0.05, 0.1) is 29.5 Å². The van der Waals surface area contributed by atoms with Gasteiger partial charge in [0.15, 0.2) is 0 Å². The summed E-state index contributed by atoms with van der Waals surface area (Å²) < 4.78 is 6.09. The maximum Gasteiger partial charge on any atom is 0.315 e. The van der Waals surface area contributed by atoms with E-state index in [4.69, 9.17) is 18.5 Å². The molecule has 63 heavy (non-hydrogen) atoms. The number of unbranched alkanes of at least 4 members (excludes halogenated alkanes) is 1. The molecule has 0 aromatic rings. The minimum Gasteiger partial charge on any atom is -0.407 e. The highest BCUT2D eigenvalue weighted by Crippen LogP contribution is 2.25. The van der Waals surface area contributed by atoms with Crippen molar-refractivity contribution in [3.8, 4) is 0 Å². The molecule has 9 N–H and O–H groups in total. The Bertz CT molecular complexity index is 1580. The van der Waals surface area contributed by atoms with Crippen LogP contribution in [0.15, 0.2) is 0 Å². The molecular formula is C40H70BN11O10S. The Morgan fingerprint density at radius 1 is 0.841 bits per heavy atom. The number of rotatable bonds is 29. The number of imide groups is 1. The zero-order valence-electron chi connectivity index (χ0n) is 37.9. The monoisotopic (exact) mass is 908 g/mol. The van der Waals surface area contributed by atoms with Crippen molar-refractivity contribution in [3.63, 3.8) is 0 Å². The lowest BCUT2D eigenvalue weighted by Crippen LogP contribution is -2.52. The summed E-state index contributed by atoms with van der Waals surface area (Å²) in [5, 5.41) is 17.8. The van der Waals surface area contributed by atoms with Crippen LogP contribution in [0.1, 0.15) is 92.9 Å². The Morgan fingerprint density at radius 3 is 2.16 bits per heavy atom. The van der Waals surface area contributed by atoms with Crippen molar-refractivity contribution in [2.75, 3.05) is 77.8 Å². The number of carbonyl (C=O) groups is 9. The van der Waals surface area contributed by atoms with Crippen molar-refractivity contribution in [2.24, 2.45) is 5.73 Å². The molecule has 2 aliphatic rings. The maximum absolute atomic E-state index is 13.0. The first-order chi connectivity index (χ1) is 29.6. The smallest absolute Gasteiger partial charge is 0.315 e. The number of primary amides is 1. The van der Waals surface area contributed by atoms with Crippen LogP contribution < -0.4 is 42.9 Å². The number of thioether (sulfide) groups is 1. The maximum atomic E-state index is 13.0. The lowest BCUT2D eigenvalue weighted by molar-refractivity contribution is -0.139. The summed E-state index contributed by atoms with van der Waals surface area (Å²) in [5.74, 6) is -2.24. The zero-order chi connectivity index (χ0) is 47.2. The molecule has 0 aliphatic carbocycles. The largest absolute Gasteiger partial charge is 0.407 e. The van der Waals surface area contributed by atoms with E-state index in [-0.39, 0.29) is 80.8 Å². The molecule has 2 fully saturated rings. The van der Waals surface area contributed by atoms with E-state index in [1.54, 1.807) is 20.8 Å². The Labute approximate surface area is 376 Å². The van der Waals surface area contributed by atoms with Gasteiger partial charge in [0.1, 0.15) is 12.1 Å². The third-order valence-electron chi connectivity index (χ3n) is 10.4. The summed E-state index contributed by atoms with van der Waals surface area (Å²) in [7, 11) is 5.07. The molecule has 0 aromatic carbocycles. The number of likely N-dealkylation sites (tertiary alicyclic amines) is 1. The number of ether oxygens (including phenoxy) is 1. The van der Waals surface area contributed by atoms with Crippen LogP contribution in [-0.2, 0) is 43.1 Å². The molecule has 0 aromatic heterocycles. The molecule has 23 heteroatoms. The standard InChI is InChI=1S/C40H70BN11O10S/c1-7-30(53)47-28(35(42)58)10-8-9-14-43-31(54)11-13-40(5,6)62-26-39(3,4)48-32(55)12-17-52-34(57)24-29(37(52)60)63-23-16-44-33(56)25-51-21-19-50(20-22-51)18-15-45-38(61)46-27(2)36(59)49-41/h27-29H,7-26H2,1-6H3,(H2,42,58)(H,43,54)(H,44,56)(H,47,53)(H,48,55)(H,49,59)(H2,45,46,61)/t27-,28-,29?/m0/s1. The Morgan fingerprint density at radius 2 is 1.51 bits per heavy atom. The third kappa shape index (κ3) is 22.1. The molecule has 2 saturated heterocycles. The van der Waals surface area contributed by atoms with Gasteiger partial charge >= 0.3 is 6.03 Å². The van der Waals surface area contributed by atoms with Crippen LogP contribution in [0.4, 0.5) is 4.79 Å². The summed E-state index contributed by atoms with van der Waals surface area (Å²) in [4.78, 5) is 116. The summed E-state index contributed by atoms with van der Waals surface area (Å²) in [6.07, 6.45) is 2.44. The van der Waals surface area contributed by atoms with Crippen molar-refractivity contribution < 1.29 is 47.9 Å². The van der Waals surface area contributed by atoms with Gasteiger partial charge in [0, 0.05) is 90.3 Å². The number of urea groups is 1.